The van der Waals surface area contributed by atoms with Crippen molar-refractivity contribution in [3.8, 4) is 0 Å². The molecule has 41 valence electrons. The first-order valence-corrected chi connectivity index (χ1v) is 3.13. The first kappa shape index (κ1) is 5.54. The van der Waals surface area contributed by atoms with Crippen LogP contribution < -0.4 is 5.32 Å². The van der Waals surface area contributed by atoms with Crippen LogP contribution in [-0.2, 0) is 0 Å². The standard InChI is InChI=1S/C4H8BrN2/c1-7-2-4(5)6-3-7/h2,4,6H,3H2,1H3. The molecular weight excluding hydrogens is 156 g/mol. The highest BCUT2D eigenvalue weighted by molar-refractivity contribution is 9.09. The monoisotopic (exact) mass is 163 g/mol. The van der Waals surface area contributed by atoms with Gasteiger partial charge >= 0.3 is 0 Å². The zero-order valence-electron chi connectivity index (χ0n) is 4.19. The highest BCUT2D eigenvalue weighted by Gasteiger charge is 2.14. The summed E-state index contributed by atoms with van der Waals surface area (Å²) in [7, 11) is 2.04. The van der Waals surface area contributed by atoms with Crippen molar-refractivity contribution >= 4 is 15.9 Å². The molecule has 1 heterocycles. The van der Waals surface area contributed by atoms with Crippen LogP contribution in [0.2, 0.25) is 0 Å². The molecule has 1 rings (SSSR count). The van der Waals surface area contributed by atoms with E-state index in [1.54, 1.807) is 0 Å². The Labute approximate surface area is 52.0 Å². The van der Waals surface area contributed by atoms with Crippen LogP contribution in [0.25, 0.3) is 0 Å². The van der Waals surface area contributed by atoms with Crippen LogP contribution in [0.5, 0.6) is 0 Å². The fourth-order valence-electron chi connectivity index (χ4n) is 0.560. The van der Waals surface area contributed by atoms with Gasteiger partial charge in [-0.25, -0.2) is 0 Å². The molecular formula is C4H8BrN2. The first-order valence-electron chi connectivity index (χ1n) is 2.22. The Balaban J connectivity index is 2.26. The molecule has 0 aromatic heterocycles. The maximum absolute atomic E-state index is 3.37. The van der Waals surface area contributed by atoms with Crippen molar-refractivity contribution < 1.29 is 0 Å². The highest BCUT2D eigenvalue weighted by Crippen LogP contribution is 2.07. The molecule has 1 aliphatic rings. The molecule has 7 heavy (non-hydrogen) atoms. The maximum atomic E-state index is 3.37. The SMILES string of the molecule is CN1[CH]C(Br)NC1. The normalized spacial score (nSPS) is 34.3. The molecule has 1 N–H and O–H groups in total. The van der Waals surface area contributed by atoms with E-state index in [1.165, 1.54) is 0 Å². The molecule has 1 fully saturated rings. The Morgan fingerprint density at radius 2 is 2.71 bits per heavy atom. The van der Waals surface area contributed by atoms with Crippen LogP contribution in [0.4, 0.5) is 0 Å². The third kappa shape index (κ3) is 1.40. The zero-order valence-corrected chi connectivity index (χ0v) is 5.77. The predicted molar refractivity (Wildman–Crippen MR) is 32.8 cm³/mol. The summed E-state index contributed by atoms with van der Waals surface area (Å²) in [6.07, 6.45) is 0. The number of nitrogens with one attached hydrogen (secondary N) is 1. The quantitative estimate of drug-likeness (QED) is 0.410. The molecule has 1 saturated heterocycles. The minimum absolute atomic E-state index is 0.387. The van der Waals surface area contributed by atoms with Gasteiger partial charge in [0.25, 0.3) is 0 Å². The average molecular weight is 164 g/mol. The average Bonchev–Trinajstić information content (AvgIpc) is 1.87. The minimum atomic E-state index is 0.387. The summed E-state index contributed by atoms with van der Waals surface area (Å²) < 4.78 is 0. The van der Waals surface area contributed by atoms with Gasteiger partial charge in [0, 0.05) is 6.67 Å². The lowest BCUT2D eigenvalue weighted by Crippen LogP contribution is -2.16. The molecule has 0 aliphatic carbocycles. The fraction of sp³-hybridized carbons (Fsp3) is 0.750. The Bertz CT molecular complexity index is 58.7. The van der Waals surface area contributed by atoms with Crippen molar-refractivity contribution in [1.82, 2.24) is 10.2 Å². The molecule has 0 amide bonds. The molecule has 0 saturated carbocycles. The molecule has 0 bridgehead atoms. The number of rotatable bonds is 0. The van der Waals surface area contributed by atoms with E-state index >= 15 is 0 Å². The van der Waals surface area contributed by atoms with E-state index in [0.717, 1.165) is 6.67 Å². The number of hydrogen-bond donors (Lipinski definition) is 1. The van der Waals surface area contributed by atoms with E-state index in [4.69, 9.17) is 0 Å². The van der Waals surface area contributed by atoms with Gasteiger partial charge in [-0.15, -0.1) is 0 Å². The van der Waals surface area contributed by atoms with Crippen LogP contribution in [-0.4, -0.2) is 23.6 Å². The third-order valence-corrected chi connectivity index (χ3v) is 1.48. The van der Waals surface area contributed by atoms with E-state index in [1.807, 2.05) is 7.05 Å². The molecule has 1 unspecified atom stereocenters. The second-order valence-corrected chi connectivity index (χ2v) is 2.66. The smallest absolute Gasteiger partial charge is 0.0814 e. The lowest BCUT2D eigenvalue weighted by molar-refractivity contribution is 0.460. The number of alkyl halides is 1. The summed E-state index contributed by atoms with van der Waals surface area (Å²) in [5.41, 5.74) is 0. The van der Waals surface area contributed by atoms with E-state index < -0.39 is 0 Å². The second-order valence-electron chi connectivity index (χ2n) is 1.67. The molecule has 0 aromatic carbocycles. The van der Waals surface area contributed by atoms with Gasteiger partial charge in [-0.05, 0) is 7.05 Å². The van der Waals surface area contributed by atoms with E-state index in [2.05, 4.69) is 32.7 Å². The number of halogens is 1. The van der Waals surface area contributed by atoms with Gasteiger partial charge in [-0.2, -0.15) is 0 Å². The van der Waals surface area contributed by atoms with Crippen molar-refractivity contribution in [2.24, 2.45) is 0 Å². The molecule has 0 spiro atoms. The largest absolute Gasteiger partial charge is 0.291 e. The van der Waals surface area contributed by atoms with Crippen molar-refractivity contribution in [2.45, 2.75) is 4.95 Å². The third-order valence-electron chi connectivity index (χ3n) is 0.921. The maximum Gasteiger partial charge on any atom is 0.0814 e. The summed E-state index contributed by atoms with van der Waals surface area (Å²) in [6, 6.07) is 0. The van der Waals surface area contributed by atoms with Crippen LogP contribution in [0.15, 0.2) is 0 Å². The Hall–Kier alpha value is 0.400. The first-order chi connectivity index (χ1) is 3.29. The van der Waals surface area contributed by atoms with Gasteiger partial charge < -0.3 is 0 Å². The fourth-order valence-corrected chi connectivity index (χ4v) is 1.11. The van der Waals surface area contributed by atoms with Gasteiger partial charge in [0.1, 0.15) is 0 Å². The van der Waals surface area contributed by atoms with Crippen molar-refractivity contribution in [2.75, 3.05) is 13.7 Å². The van der Waals surface area contributed by atoms with Crippen LogP contribution in [0.3, 0.4) is 0 Å². The van der Waals surface area contributed by atoms with Gasteiger partial charge in [-0.3, -0.25) is 10.2 Å². The van der Waals surface area contributed by atoms with Gasteiger partial charge in [0.05, 0.1) is 11.5 Å². The van der Waals surface area contributed by atoms with Crippen LogP contribution in [0, 0.1) is 6.54 Å². The van der Waals surface area contributed by atoms with Gasteiger partial charge in [0.2, 0.25) is 0 Å². The minimum Gasteiger partial charge on any atom is -0.291 e. The topological polar surface area (TPSA) is 15.3 Å². The molecule has 1 aliphatic heterocycles. The second kappa shape index (κ2) is 2.11. The van der Waals surface area contributed by atoms with Crippen LogP contribution >= 0.6 is 15.9 Å². The summed E-state index contributed by atoms with van der Waals surface area (Å²) in [5, 5.41) is 3.16. The van der Waals surface area contributed by atoms with Crippen molar-refractivity contribution in [1.29, 1.82) is 0 Å². The molecule has 3 heteroatoms. The van der Waals surface area contributed by atoms with Crippen molar-refractivity contribution in [3.05, 3.63) is 6.54 Å². The summed E-state index contributed by atoms with van der Waals surface area (Å²) in [5.74, 6) is 0. The summed E-state index contributed by atoms with van der Waals surface area (Å²) in [4.78, 5) is 2.48. The molecule has 1 radical (unpaired) electrons. The Morgan fingerprint density at radius 1 is 2.00 bits per heavy atom. The molecule has 1 atom stereocenters. The predicted octanol–water partition coefficient (Wildman–Crippen LogP) is 0.362. The number of hydrogen-bond acceptors (Lipinski definition) is 2. The lowest BCUT2D eigenvalue weighted by atomic mass is 10.7. The summed E-state index contributed by atoms with van der Waals surface area (Å²) in [6.45, 7) is 3.04. The van der Waals surface area contributed by atoms with Gasteiger partial charge in [0.15, 0.2) is 0 Å². The van der Waals surface area contributed by atoms with E-state index in [9.17, 15) is 0 Å². The van der Waals surface area contributed by atoms with E-state index in [-0.39, 0.29) is 0 Å². The van der Waals surface area contributed by atoms with E-state index in [0.29, 0.717) is 4.95 Å². The van der Waals surface area contributed by atoms with Crippen molar-refractivity contribution in [3.63, 3.8) is 0 Å². The Kier molecular flexibility index (Phi) is 1.67. The number of nitrogens with zero attached hydrogens (tertiary/aromatic N) is 1. The Morgan fingerprint density at radius 3 is 2.86 bits per heavy atom. The molecule has 2 nitrogen and oxygen atoms in total. The lowest BCUT2D eigenvalue weighted by Gasteiger charge is -1.99. The van der Waals surface area contributed by atoms with Gasteiger partial charge in [-0.1, -0.05) is 15.9 Å². The summed E-state index contributed by atoms with van der Waals surface area (Å²) >= 11 is 3.37. The molecule has 0 aromatic rings. The highest BCUT2D eigenvalue weighted by atomic mass is 79.9. The van der Waals surface area contributed by atoms with Crippen LogP contribution in [0.1, 0.15) is 0 Å². The zero-order chi connectivity index (χ0) is 5.28. The number of likely N-dealkylation sites (N-methyl/N-ethyl adjacent to an activating group) is 1.